The predicted octanol–water partition coefficient (Wildman–Crippen LogP) is 1.07. The second kappa shape index (κ2) is 5.12. The SMILES string of the molecule is CN1CCN(C)C(C(N)c2ccccc2F)C1. The molecule has 0 bridgehead atoms. The summed E-state index contributed by atoms with van der Waals surface area (Å²) in [6, 6.07) is 6.69. The zero-order valence-corrected chi connectivity index (χ0v) is 10.4. The van der Waals surface area contributed by atoms with E-state index < -0.39 is 0 Å². The molecule has 17 heavy (non-hydrogen) atoms. The molecule has 1 aromatic carbocycles. The fourth-order valence-electron chi connectivity index (χ4n) is 2.38. The highest BCUT2D eigenvalue weighted by Crippen LogP contribution is 2.23. The fourth-order valence-corrected chi connectivity index (χ4v) is 2.38. The van der Waals surface area contributed by atoms with Crippen molar-refractivity contribution in [3.63, 3.8) is 0 Å². The van der Waals surface area contributed by atoms with Crippen LogP contribution in [-0.4, -0.2) is 49.6 Å². The van der Waals surface area contributed by atoms with Crippen molar-refractivity contribution in [2.45, 2.75) is 12.1 Å². The van der Waals surface area contributed by atoms with Crippen molar-refractivity contribution in [3.05, 3.63) is 35.6 Å². The van der Waals surface area contributed by atoms with Gasteiger partial charge in [-0.1, -0.05) is 18.2 Å². The van der Waals surface area contributed by atoms with Crippen molar-refractivity contribution >= 4 is 0 Å². The molecule has 2 N–H and O–H groups in total. The minimum absolute atomic E-state index is 0.172. The quantitative estimate of drug-likeness (QED) is 0.835. The van der Waals surface area contributed by atoms with Crippen molar-refractivity contribution in [1.82, 2.24) is 9.80 Å². The molecule has 3 nitrogen and oxygen atoms in total. The van der Waals surface area contributed by atoms with E-state index >= 15 is 0 Å². The van der Waals surface area contributed by atoms with Gasteiger partial charge in [-0.15, -0.1) is 0 Å². The molecule has 2 rings (SSSR count). The van der Waals surface area contributed by atoms with Crippen LogP contribution in [0.25, 0.3) is 0 Å². The van der Waals surface area contributed by atoms with Gasteiger partial charge in [0.15, 0.2) is 0 Å². The lowest BCUT2D eigenvalue weighted by molar-refractivity contribution is 0.0966. The second-order valence-corrected chi connectivity index (χ2v) is 4.86. The van der Waals surface area contributed by atoms with Crippen LogP contribution >= 0.6 is 0 Å². The Bertz CT molecular complexity index is 383. The number of rotatable bonds is 2. The number of nitrogens with zero attached hydrogens (tertiary/aromatic N) is 2. The normalized spacial score (nSPS) is 24.8. The Labute approximate surface area is 102 Å². The lowest BCUT2D eigenvalue weighted by Crippen LogP contribution is -2.54. The van der Waals surface area contributed by atoms with Crippen LogP contribution in [0.15, 0.2) is 24.3 Å². The van der Waals surface area contributed by atoms with E-state index in [4.69, 9.17) is 5.73 Å². The van der Waals surface area contributed by atoms with Crippen molar-refractivity contribution < 1.29 is 4.39 Å². The monoisotopic (exact) mass is 237 g/mol. The Balaban J connectivity index is 2.18. The van der Waals surface area contributed by atoms with Gasteiger partial charge in [-0.05, 0) is 20.2 Å². The molecule has 1 aliphatic heterocycles. The van der Waals surface area contributed by atoms with Crippen LogP contribution < -0.4 is 5.73 Å². The fraction of sp³-hybridized carbons (Fsp3) is 0.538. The standard InChI is InChI=1S/C13H20FN3/c1-16-7-8-17(2)12(9-16)13(15)10-5-3-4-6-11(10)14/h3-6,12-13H,7-9,15H2,1-2H3. The van der Waals surface area contributed by atoms with E-state index in [-0.39, 0.29) is 17.9 Å². The topological polar surface area (TPSA) is 32.5 Å². The smallest absolute Gasteiger partial charge is 0.128 e. The van der Waals surface area contributed by atoms with Crippen molar-refractivity contribution in [1.29, 1.82) is 0 Å². The summed E-state index contributed by atoms with van der Waals surface area (Å²) in [6.45, 7) is 2.90. The highest BCUT2D eigenvalue weighted by molar-refractivity contribution is 5.22. The maximum Gasteiger partial charge on any atom is 0.128 e. The number of halogens is 1. The van der Waals surface area contributed by atoms with E-state index in [0.29, 0.717) is 5.56 Å². The number of hydrogen-bond acceptors (Lipinski definition) is 3. The average Bonchev–Trinajstić information content (AvgIpc) is 2.32. The van der Waals surface area contributed by atoms with Crippen LogP contribution in [0.2, 0.25) is 0 Å². The predicted molar refractivity (Wildman–Crippen MR) is 67.2 cm³/mol. The molecule has 1 heterocycles. The molecule has 0 spiro atoms. The molecule has 4 heteroatoms. The molecule has 1 fully saturated rings. The Morgan fingerprint density at radius 2 is 2.00 bits per heavy atom. The summed E-state index contributed by atoms with van der Waals surface area (Å²) in [6.07, 6.45) is 0. The number of hydrogen-bond donors (Lipinski definition) is 1. The van der Waals surface area contributed by atoms with Crippen LogP contribution in [0.3, 0.4) is 0 Å². The number of nitrogens with two attached hydrogens (primary N) is 1. The van der Waals surface area contributed by atoms with Crippen LogP contribution in [0.5, 0.6) is 0 Å². The molecule has 1 aliphatic rings. The zero-order valence-electron chi connectivity index (χ0n) is 10.4. The molecule has 2 unspecified atom stereocenters. The van der Waals surface area contributed by atoms with Gasteiger partial charge in [0.25, 0.3) is 0 Å². The number of piperazine rings is 1. The van der Waals surface area contributed by atoms with Crippen molar-refractivity contribution in [2.75, 3.05) is 33.7 Å². The van der Waals surface area contributed by atoms with E-state index in [1.54, 1.807) is 12.1 Å². The summed E-state index contributed by atoms with van der Waals surface area (Å²) in [4.78, 5) is 4.46. The van der Waals surface area contributed by atoms with Crippen LogP contribution in [0.4, 0.5) is 4.39 Å². The van der Waals surface area contributed by atoms with Crippen molar-refractivity contribution in [2.24, 2.45) is 5.73 Å². The Kier molecular flexibility index (Phi) is 3.76. The number of likely N-dealkylation sites (N-methyl/N-ethyl adjacent to an activating group) is 2. The minimum Gasteiger partial charge on any atom is -0.323 e. The summed E-state index contributed by atoms with van der Waals surface area (Å²) in [5.41, 5.74) is 6.83. The molecule has 0 saturated carbocycles. The third kappa shape index (κ3) is 2.65. The van der Waals surface area contributed by atoms with Gasteiger partial charge in [0.2, 0.25) is 0 Å². The first-order chi connectivity index (χ1) is 8.09. The lowest BCUT2D eigenvalue weighted by Gasteiger charge is -2.40. The Hall–Kier alpha value is -0.970. The maximum atomic E-state index is 13.7. The third-order valence-corrected chi connectivity index (χ3v) is 3.58. The highest BCUT2D eigenvalue weighted by atomic mass is 19.1. The maximum absolute atomic E-state index is 13.7. The molecule has 1 saturated heterocycles. The summed E-state index contributed by atoms with van der Waals surface area (Å²) in [7, 11) is 4.13. The first-order valence-electron chi connectivity index (χ1n) is 5.98. The molecular weight excluding hydrogens is 217 g/mol. The van der Waals surface area contributed by atoms with Crippen molar-refractivity contribution in [3.8, 4) is 0 Å². The second-order valence-electron chi connectivity index (χ2n) is 4.86. The van der Waals surface area contributed by atoms with Gasteiger partial charge in [-0.25, -0.2) is 4.39 Å². The number of benzene rings is 1. The van der Waals surface area contributed by atoms with Gasteiger partial charge >= 0.3 is 0 Å². The molecule has 0 aromatic heterocycles. The molecular formula is C13H20FN3. The molecule has 1 aromatic rings. The van der Waals surface area contributed by atoms with E-state index in [1.807, 2.05) is 6.07 Å². The van der Waals surface area contributed by atoms with E-state index in [1.165, 1.54) is 6.07 Å². The molecule has 94 valence electrons. The molecule has 0 radical (unpaired) electrons. The zero-order chi connectivity index (χ0) is 12.4. The highest BCUT2D eigenvalue weighted by Gasteiger charge is 2.29. The van der Waals surface area contributed by atoms with Gasteiger partial charge in [-0.3, -0.25) is 4.90 Å². The van der Waals surface area contributed by atoms with Gasteiger partial charge in [0, 0.05) is 37.3 Å². The van der Waals surface area contributed by atoms with Gasteiger partial charge in [0.1, 0.15) is 5.82 Å². The van der Waals surface area contributed by atoms with E-state index in [9.17, 15) is 4.39 Å². The van der Waals surface area contributed by atoms with Gasteiger partial charge in [0.05, 0.1) is 0 Å². The Morgan fingerprint density at radius 3 is 2.71 bits per heavy atom. The van der Waals surface area contributed by atoms with Gasteiger partial charge in [-0.2, -0.15) is 0 Å². The van der Waals surface area contributed by atoms with E-state index in [2.05, 4.69) is 23.9 Å². The minimum atomic E-state index is -0.274. The first-order valence-corrected chi connectivity index (χ1v) is 5.98. The summed E-state index contributed by atoms with van der Waals surface area (Å²) >= 11 is 0. The van der Waals surface area contributed by atoms with Gasteiger partial charge < -0.3 is 10.6 Å². The summed E-state index contributed by atoms with van der Waals surface area (Å²) < 4.78 is 13.7. The Morgan fingerprint density at radius 1 is 1.29 bits per heavy atom. The summed E-state index contributed by atoms with van der Waals surface area (Å²) in [5.74, 6) is -0.207. The van der Waals surface area contributed by atoms with Crippen LogP contribution in [0.1, 0.15) is 11.6 Å². The average molecular weight is 237 g/mol. The molecule has 0 amide bonds. The van der Waals surface area contributed by atoms with Crippen LogP contribution in [-0.2, 0) is 0 Å². The van der Waals surface area contributed by atoms with Crippen LogP contribution in [0, 0.1) is 5.82 Å². The summed E-state index contributed by atoms with van der Waals surface area (Å²) in [5, 5.41) is 0. The van der Waals surface area contributed by atoms with E-state index in [0.717, 1.165) is 19.6 Å². The first kappa shape index (κ1) is 12.5. The third-order valence-electron chi connectivity index (χ3n) is 3.58. The molecule has 2 atom stereocenters. The lowest BCUT2D eigenvalue weighted by atomic mass is 9.97. The molecule has 0 aliphatic carbocycles. The largest absolute Gasteiger partial charge is 0.323 e.